The molecule has 1 aromatic heterocycles. The first-order valence-electron chi connectivity index (χ1n) is 7.14. The van der Waals surface area contributed by atoms with Gasteiger partial charge in [0.1, 0.15) is 0 Å². The molecule has 23 heavy (non-hydrogen) atoms. The molecule has 0 atom stereocenters. The molecule has 0 aliphatic carbocycles. The van der Waals surface area contributed by atoms with Crippen LogP contribution in [0.4, 0.5) is 6.01 Å². The third-order valence-corrected chi connectivity index (χ3v) is 3.34. The van der Waals surface area contributed by atoms with Gasteiger partial charge >= 0.3 is 6.01 Å². The molecule has 118 valence electrons. The highest BCUT2D eigenvalue weighted by atomic mass is 16.5. The maximum Gasteiger partial charge on any atom is 0.316 e. The van der Waals surface area contributed by atoms with Gasteiger partial charge in [-0.05, 0) is 17.7 Å². The van der Waals surface area contributed by atoms with Gasteiger partial charge in [-0.25, -0.2) is 0 Å². The van der Waals surface area contributed by atoms with Crippen molar-refractivity contribution in [3.8, 4) is 23.0 Å². The topological polar surface area (TPSA) is 69.4 Å². The minimum absolute atomic E-state index is 0.355. The van der Waals surface area contributed by atoms with E-state index in [4.69, 9.17) is 13.9 Å². The van der Waals surface area contributed by atoms with Gasteiger partial charge in [0.15, 0.2) is 11.5 Å². The second kappa shape index (κ2) is 6.83. The van der Waals surface area contributed by atoms with E-state index in [1.807, 2.05) is 48.5 Å². The Kier molecular flexibility index (Phi) is 4.42. The van der Waals surface area contributed by atoms with Crippen molar-refractivity contribution >= 4 is 6.01 Å². The molecule has 1 N–H and O–H groups in total. The van der Waals surface area contributed by atoms with Crippen molar-refractivity contribution in [3.05, 3.63) is 54.1 Å². The molecule has 0 bridgehead atoms. The number of methoxy groups -OCH3 is 2. The van der Waals surface area contributed by atoms with Crippen LogP contribution in [-0.2, 0) is 6.54 Å². The van der Waals surface area contributed by atoms with Crippen LogP contribution in [-0.4, -0.2) is 24.4 Å². The Morgan fingerprint density at radius 2 is 1.78 bits per heavy atom. The summed E-state index contributed by atoms with van der Waals surface area (Å²) in [7, 11) is 3.16. The molecule has 0 radical (unpaired) electrons. The van der Waals surface area contributed by atoms with Crippen LogP contribution in [0.5, 0.6) is 11.5 Å². The van der Waals surface area contributed by atoms with Crippen LogP contribution < -0.4 is 14.8 Å². The van der Waals surface area contributed by atoms with E-state index in [9.17, 15) is 0 Å². The van der Waals surface area contributed by atoms with E-state index >= 15 is 0 Å². The fourth-order valence-corrected chi connectivity index (χ4v) is 2.23. The van der Waals surface area contributed by atoms with E-state index < -0.39 is 0 Å². The number of para-hydroxylation sites is 1. The van der Waals surface area contributed by atoms with E-state index in [0.29, 0.717) is 35.5 Å². The molecule has 0 spiro atoms. The number of aromatic nitrogens is 2. The molecule has 0 unspecified atom stereocenters. The first kappa shape index (κ1) is 14.9. The molecule has 0 aliphatic heterocycles. The van der Waals surface area contributed by atoms with E-state index in [1.165, 1.54) is 0 Å². The van der Waals surface area contributed by atoms with E-state index in [1.54, 1.807) is 14.2 Å². The summed E-state index contributed by atoms with van der Waals surface area (Å²) >= 11 is 0. The van der Waals surface area contributed by atoms with E-state index in [-0.39, 0.29) is 0 Å². The van der Waals surface area contributed by atoms with Gasteiger partial charge in [-0.2, -0.15) is 0 Å². The summed E-state index contributed by atoms with van der Waals surface area (Å²) in [6.45, 7) is 0.609. The summed E-state index contributed by atoms with van der Waals surface area (Å²) in [5.41, 5.74) is 1.82. The van der Waals surface area contributed by atoms with Gasteiger partial charge in [-0.1, -0.05) is 41.5 Å². The number of anilines is 1. The van der Waals surface area contributed by atoms with E-state index in [2.05, 4.69) is 15.5 Å². The lowest BCUT2D eigenvalue weighted by Crippen LogP contribution is -1.98. The molecule has 3 aromatic rings. The molecule has 1 heterocycles. The largest absolute Gasteiger partial charge is 0.493 e. The second-order valence-electron chi connectivity index (χ2n) is 4.79. The number of ether oxygens (including phenoxy) is 2. The van der Waals surface area contributed by atoms with Crippen LogP contribution in [0.2, 0.25) is 0 Å². The Hall–Kier alpha value is -3.02. The first-order chi connectivity index (χ1) is 11.3. The summed E-state index contributed by atoms with van der Waals surface area (Å²) in [4.78, 5) is 0. The lowest BCUT2D eigenvalue weighted by atomic mass is 10.2. The average molecular weight is 311 g/mol. The van der Waals surface area contributed by atoms with Crippen LogP contribution in [0.25, 0.3) is 11.5 Å². The van der Waals surface area contributed by atoms with Crippen LogP contribution in [0.15, 0.2) is 52.9 Å². The maximum atomic E-state index is 5.66. The molecule has 0 saturated carbocycles. The van der Waals surface area contributed by atoms with Gasteiger partial charge in [0.2, 0.25) is 0 Å². The molecule has 0 amide bonds. The molecule has 0 saturated heterocycles. The molecular formula is C17H17N3O3. The lowest BCUT2D eigenvalue weighted by Gasteiger charge is -2.09. The van der Waals surface area contributed by atoms with Gasteiger partial charge in [0.05, 0.1) is 19.8 Å². The van der Waals surface area contributed by atoms with Crippen molar-refractivity contribution in [1.29, 1.82) is 0 Å². The summed E-state index contributed by atoms with van der Waals surface area (Å²) in [5, 5.41) is 11.2. The zero-order valence-corrected chi connectivity index (χ0v) is 12.9. The Morgan fingerprint density at radius 1 is 0.957 bits per heavy atom. The SMILES string of the molecule is COc1cccc(-c2nnc(NCc3ccccc3)o2)c1OC. The minimum atomic E-state index is 0.355. The van der Waals surface area contributed by atoms with Gasteiger partial charge < -0.3 is 19.2 Å². The zero-order chi connectivity index (χ0) is 16.1. The Labute approximate surface area is 134 Å². The zero-order valence-electron chi connectivity index (χ0n) is 12.9. The van der Waals surface area contributed by atoms with Gasteiger partial charge in [-0.3, -0.25) is 0 Å². The molecule has 3 rings (SSSR count). The highest BCUT2D eigenvalue weighted by Gasteiger charge is 2.16. The third-order valence-electron chi connectivity index (χ3n) is 3.34. The Bertz CT molecular complexity index is 772. The highest BCUT2D eigenvalue weighted by molar-refractivity contribution is 5.67. The van der Waals surface area contributed by atoms with Crippen molar-refractivity contribution in [2.45, 2.75) is 6.54 Å². The highest BCUT2D eigenvalue weighted by Crippen LogP contribution is 2.37. The number of rotatable bonds is 6. The molecule has 6 nitrogen and oxygen atoms in total. The number of nitrogens with zero attached hydrogens (tertiary/aromatic N) is 2. The fourth-order valence-electron chi connectivity index (χ4n) is 2.23. The van der Waals surface area contributed by atoms with Crippen molar-refractivity contribution in [1.82, 2.24) is 10.2 Å². The number of benzene rings is 2. The summed E-state index contributed by atoms with van der Waals surface area (Å²) < 4.78 is 16.3. The number of hydrogen-bond acceptors (Lipinski definition) is 6. The smallest absolute Gasteiger partial charge is 0.316 e. The maximum absolute atomic E-state index is 5.66. The van der Waals surface area contributed by atoms with Crippen molar-refractivity contribution in [2.75, 3.05) is 19.5 Å². The number of hydrogen-bond donors (Lipinski definition) is 1. The lowest BCUT2D eigenvalue weighted by molar-refractivity contribution is 0.355. The molecule has 0 fully saturated rings. The van der Waals surface area contributed by atoms with Crippen LogP contribution in [0.3, 0.4) is 0 Å². The van der Waals surface area contributed by atoms with Crippen molar-refractivity contribution in [3.63, 3.8) is 0 Å². The van der Waals surface area contributed by atoms with Crippen LogP contribution in [0, 0.1) is 0 Å². The van der Waals surface area contributed by atoms with Crippen molar-refractivity contribution < 1.29 is 13.9 Å². The average Bonchev–Trinajstić information content (AvgIpc) is 3.09. The third kappa shape index (κ3) is 3.26. The second-order valence-corrected chi connectivity index (χ2v) is 4.79. The first-order valence-corrected chi connectivity index (χ1v) is 7.14. The summed E-state index contributed by atoms with van der Waals surface area (Å²) in [5.74, 6) is 1.55. The predicted molar refractivity (Wildman–Crippen MR) is 86.6 cm³/mol. The number of nitrogens with one attached hydrogen (secondary N) is 1. The summed E-state index contributed by atoms with van der Waals surface area (Å²) in [6.07, 6.45) is 0. The quantitative estimate of drug-likeness (QED) is 0.752. The predicted octanol–water partition coefficient (Wildman–Crippen LogP) is 3.37. The van der Waals surface area contributed by atoms with Crippen molar-refractivity contribution in [2.24, 2.45) is 0 Å². The molecule has 6 heteroatoms. The Morgan fingerprint density at radius 3 is 2.52 bits per heavy atom. The van der Waals surface area contributed by atoms with E-state index in [0.717, 1.165) is 5.56 Å². The van der Waals surface area contributed by atoms with Gasteiger partial charge in [0.25, 0.3) is 5.89 Å². The normalized spacial score (nSPS) is 10.3. The summed E-state index contributed by atoms with van der Waals surface area (Å²) in [6, 6.07) is 15.8. The van der Waals surface area contributed by atoms with Crippen LogP contribution >= 0.6 is 0 Å². The molecule has 0 aliphatic rings. The molecular weight excluding hydrogens is 294 g/mol. The fraction of sp³-hybridized carbons (Fsp3) is 0.176. The van der Waals surface area contributed by atoms with Gasteiger partial charge in [-0.15, -0.1) is 5.10 Å². The van der Waals surface area contributed by atoms with Gasteiger partial charge in [0, 0.05) is 6.54 Å². The van der Waals surface area contributed by atoms with Crippen LogP contribution in [0.1, 0.15) is 5.56 Å². The Balaban J connectivity index is 1.79. The molecule has 2 aromatic carbocycles. The standard InChI is InChI=1S/C17H17N3O3/c1-21-14-10-6-9-13(15(14)22-2)16-19-20-17(23-16)18-11-12-7-4-3-5-8-12/h3-10H,11H2,1-2H3,(H,18,20). The monoisotopic (exact) mass is 311 g/mol. The minimum Gasteiger partial charge on any atom is -0.493 e.